The molecule has 1 aliphatic heterocycles. The van der Waals surface area contributed by atoms with Crippen LogP contribution in [0.4, 0.5) is 0 Å². The number of benzene rings is 2. The van der Waals surface area contributed by atoms with Crippen molar-refractivity contribution < 1.29 is 18.8 Å². The predicted molar refractivity (Wildman–Crippen MR) is 110 cm³/mol. The molecule has 30 heavy (non-hydrogen) atoms. The van der Waals surface area contributed by atoms with Crippen molar-refractivity contribution in [3.05, 3.63) is 78.3 Å². The minimum absolute atomic E-state index is 0.0659. The van der Waals surface area contributed by atoms with Crippen molar-refractivity contribution in [3.8, 4) is 11.3 Å². The Balaban J connectivity index is 1.41. The van der Waals surface area contributed by atoms with Crippen molar-refractivity contribution in [2.45, 2.75) is 13.0 Å². The van der Waals surface area contributed by atoms with Crippen LogP contribution in [-0.2, 0) is 4.79 Å². The first-order chi connectivity index (χ1) is 14.5. The van der Waals surface area contributed by atoms with E-state index in [0.717, 1.165) is 5.56 Å². The van der Waals surface area contributed by atoms with Gasteiger partial charge in [-0.1, -0.05) is 42.5 Å². The zero-order valence-electron chi connectivity index (χ0n) is 16.5. The Labute approximate surface area is 173 Å². The lowest BCUT2D eigenvalue weighted by Crippen LogP contribution is -2.56. The minimum Gasteiger partial charge on any atom is -0.444 e. The van der Waals surface area contributed by atoms with E-state index in [4.69, 9.17) is 4.42 Å². The largest absolute Gasteiger partial charge is 0.444 e. The second-order valence-electron chi connectivity index (χ2n) is 7.24. The van der Waals surface area contributed by atoms with Gasteiger partial charge >= 0.3 is 0 Å². The van der Waals surface area contributed by atoms with Gasteiger partial charge in [0.2, 0.25) is 5.78 Å². The summed E-state index contributed by atoms with van der Waals surface area (Å²) in [6.45, 7) is 2.95. The number of hydrogen-bond acceptors (Lipinski definition) is 5. The third-order valence-electron chi connectivity index (χ3n) is 5.25. The van der Waals surface area contributed by atoms with E-state index in [0.29, 0.717) is 36.5 Å². The van der Waals surface area contributed by atoms with Gasteiger partial charge in [0, 0.05) is 42.4 Å². The molecule has 0 spiro atoms. The number of rotatable bonds is 4. The van der Waals surface area contributed by atoms with Crippen LogP contribution in [0, 0.1) is 0 Å². The first-order valence-corrected chi connectivity index (χ1v) is 9.73. The zero-order chi connectivity index (χ0) is 21.1. The summed E-state index contributed by atoms with van der Waals surface area (Å²) < 4.78 is 5.23. The first-order valence-electron chi connectivity index (χ1n) is 9.73. The molecule has 0 saturated carbocycles. The minimum atomic E-state index is -0.561. The topological polar surface area (TPSA) is 83.7 Å². The fraction of sp³-hybridized carbons (Fsp3) is 0.217. The SMILES string of the molecule is C[C@@H]1CN(C(=O)c2ccccc2)CCN1C(=O)C(=O)c1ccc(-c2cnco2)cc1. The molecule has 7 nitrogen and oxygen atoms in total. The molecule has 0 N–H and O–H groups in total. The summed E-state index contributed by atoms with van der Waals surface area (Å²) in [6.07, 6.45) is 2.92. The number of amides is 2. The van der Waals surface area contributed by atoms with E-state index in [9.17, 15) is 14.4 Å². The molecular formula is C23H21N3O4. The summed E-state index contributed by atoms with van der Waals surface area (Å²) >= 11 is 0. The maximum atomic E-state index is 12.8. The number of nitrogens with zero attached hydrogens (tertiary/aromatic N) is 3. The molecule has 2 aromatic carbocycles. The highest BCUT2D eigenvalue weighted by molar-refractivity contribution is 6.42. The van der Waals surface area contributed by atoms with Crippen molar-refractivity contribution in [1.29, 1.82) is 0 Å². The van der Waals surface area contributed by atoms with Gasteiger partial charge in [-0.2, -0.15) is 0 Å². The average Bonchev–Trinajstić information content (AvgIpc) is 3.33. The summed E-state index contributed by atoms with van der Waals surface area (Å²) in [5.41, 5.74) is 1.71. The Hall–Kier alpha value is -3.74. The van der Waals surface area contributed by atoms with Crippen LogP contribution >= 0.6 is 0 Å². The molecule has 3 aromatic rings. The molecule has 1 aliphatic rings. The quantitative estimate of drug-likeness (QED) is 0.494. The van der Waals surface area contributed by atoms with Gasteiger partial charge in [0.25, 0.3) is 11.8 Å². The van der Waals surface area contributed by atoms with Crippen molar-refractivity contribution >= 4 is 17.6 Å². The van der Waals surface area contributed by atoms with Crippen molar-refractivity contribution in [2.24, 2.45) is 0 Å². The number of ketones is 1. The third kappa shape index (κ3) is 3.87. The number of aromatic nitrogens is 1. The van der Waals surface area contributed by atoms with Crippen LogP contribution in [0.15, 0.2) is 71.6 Å². The molecule has 1 saturated heterocycles. The van der Waals surface area contributed by atoms with E-state index < -0.39 is 11.7 Å². The Morgan fingerprint density at radius 1 is 0.967 bits per heavy atom. The Kier molecular flexibility index (Phi) is 5.43. The lowest BCUT2D eigenvalue weighted by Gasteiger charge is -2.39. The highest BCUT2D eigenvalue weighted by atomic mass is 16.3. The molecule has 152 valence electrons. The number of carbonyl (C=O) groups is 3. The van der Waals surface area contributed by atoms with Crippen molar-refractivity contribution in [2.75, 3.05) is 19.6 Å². The zero-order valence-corrected chi connectivity index (χ0v) is 16.5. The summed E-state index contributed by atoms with van der Waals surface area (Å²) in [4.78, 5) is 45.3. The number of Topliss-reactive ketones (excluding diaryl/α,β-unsaturated/α-hetero) is 1. The Morgan fingerprint density at radius 2 is 1.70 bits per heavy atom. The van der Waals surface area contributed by atoms with E-state index in [1.54, 1.807) is 52.4 Å². The van der Waals surface area contributed by atoms with E-state index >= 15 is 0 Å². The maximum Gasteiger partial charge on any atom is 0.295 e. The van der Waals surface area contributed by atoms with Crippen LogP contribution in [0.3, 0.4) is 0 Å². The average molecular weight is 403 g/mol. The van der Waals surface area contributed by atoms with Gasteiger partial charge in [-0.3, -0.25) is 14.4 Å². The monoisotopic (exact) mass is 403 g/mol. The van der Waals surface area contributed by atoms with E-state index in [1.807, 2.05) is 25.1 Å². The lowest BCUT2D eigenvalue weighted by molar-refractivity contribution is -0.130. The Bertz CT molecular complexity index is 1050. The second kappa shape index (κ2) is 8.32. The molecular weight excluding hydrogens is 382 g/mol. The van der Waals surface area contributed by atoms with Gasteiger partial charge in [-0.25, -0.2) is 4.98 Å². The lowest BCUT2D eigenvalue weighted by atomic mass is 10.0. The molecule has 7 heteroatoms. The highest BCUT2D eigenvalue weighted by Crippen LogP contribution is 2.20. The molecule has 0 unspecified atom stereocenters. The smallest absolute Gasteiger partial charge is 0.295 e. The highest BCUT2D eigenvalue weighted by Gasteiger charge is 2.33. The van der Waals surface area contributed by atoms with E-state index in [-0.39, 0.29) is 11.9 Å². The fourth-order valence-corrected chi connectivity index (χ4v) is 3.61. The predicted octanol–water partition coefficient (Wildman–Crippen LogP) is 2.90. The molecule has 1 fully saturated rings. The molecule has 0 bridgehead atoms. The van der Waals surface area contributed by atoms with Crippen LogP contribution in [0.5, 0.6) is 0 Å². The van der Waals surface area contributed by atoms with Gasteiger partial charge in [-0.15, -0.1) is 0 Å². The summed E-state index contributed by atoms with van der Waals surface area (Å²) in [6, 6.07) is 15.5. The molecule has 1 aromatic heterocycles. The first kappa shape index (κ1) is 19.6. The fourth-order valence-electron chi connectivity index (χ4n) is 3.61. The van der Waals surface area contributed by atoms with Gasteiger partial charge in [-0.05, 0) is 19.1 Å². The van der Waals surface area contributed by atoms with Crippen LogP contribution in [-0.4, -0.2) is 58.1 Å². The van der Waals surface area contributed by atoms with Gasteiger partial charge < -0.3 is 14.2 Å². The molecule has 4 rings (SSSR count). The van der Waals surface area contributed by atoms with Crippen molar-refractivity contribution in [3.63, 3.8) is 0 Å². The van der Waals surface area contributed by atoms with E-state index in [2.05, 4.69) is 4.98 Å². The molecule has 0 radical (unpaired) electrons. The maximum absolute atomic E-state index is 12.8. The number of piperazine rings is 1. The van der Waals surface area contributed by atoms with Crippen molar-refractivity contribution in [1.82, 2.24) is 14.8 Å². The van der Waals surface area contributed by atoms with Crippen LogP contribution in [0.2, 0.25) is 0 Å². The van der Waals surface area contributed by atoms with E-state index in [1.165, 1.54) is 6.39 Å². The summed E-state index contributed by atoms with van der Waals surface area (Å²) in [7, 11) is 0. The summed E-state index contributed by atoms with van der Waals surface area (Å²) in [5.74, 6) is -0.590. The second-order valence-corrected chi connectivity index (χ2v) is 7.24. The molecule has 0 aliphatic carbocycles. The van der Waals surface area contributed by atoms with Gasteiger partial charge in [0.15, 0.2) is 12.2 Å². The third-order valence-corrected chi connectivity index (χ3v) is 5.25. The normalized spacial score (nSPS) is 16.4. The molecule has 2 amide bonds. The number of oxazole rings is 1. The molecule has 2 heterocycles. The Morgan fingerprint density at radius 3 is 2.33 bits per heavy atom. The van der Waals surface area contributed by atoms with Crippen LogP contribution < -0.4 is 0 Å². The van der Waals surface area contributed by atoms with Crippen LogP contribution in [0.1, 0.15) is 27.6 Å². The number of carbonyl (C=O) groups excluding carboxylic acids is 3. The number of hydrogen-bond donors (Lipinski definition) is 0. The summed E-state index contributed by atoms with van der Waals surface area (Å²) in [5, 5.41) is 0. The van der Waals surface area contributed by atoms with Gasteiger partial charge in [0.05, 0.1) is 6.20 Å². The standard InChI is InChI=1S/C23H21N3O4/c1-16-14-25(22(28)19-5-3-2-4-6-19)11-12-26(16)23(29)21(27)18-9-7-17(8-10-18)20-13-24-15-30-20/h2-10,13,15-16H,11-12,14H2,1H3/t16-/m1/s1. The van der Waals surface area contributed by atoms with Crippen LogP contribution in [0.25, 0.3) is 11.3 Å². The molecule has 1 atom stereocenters. The van der Waals surface area contributed by atoms with Gasteiger partial charge in [0.1, 0.15) is 0 Å².